The number of nitrogens with zero attached hydrogens (tertiary/aromatic N) is 1. The standard InChI is InChI=1S/C16H17BrFNO3/c1-2-22-16(21)15-13-6-5-12(17)10-11(13)7-9-19(15)14(20)4-3-8-18/h3-6,10,15H,2,7-9H2,1H3/b4-3+. The number of esters is 1. The van der Waals surface area contributed by atoms with Crippen LogP contribution < -0.4 is 0 Å². The van der Waals surface area contributed by atoms with Gasteiger partial charge in [-0.2, -0.15) is 0 Å². The number of amides is 1. The summed E-state index contributed by atoms with van der Waals surface area (Å²) in [7, 11) is 0. The van der Waals surface area contributed by atoms with Gasteiger partial charge in [-0.15, -0.1) is 0 Å². The highest BCUT2D eigenvalue weighted by atomic mass is 79.9. The number of halogens is 2. The van der Waals surface area contributed by atoms with Gasteiger partial charge in [-0.3, -0.25) is 4.79 Å². The van der Waals surface area contributed by atoms with Crippen molar-refractivity contribution in [2.24, 2.45) is 0 Å². The minimum Gasteiger partial charge on any atom is -0.464 e. The molecule has 1 atom stereocenters. The smallest absolute Gasteiger partial charge is 0.333 e. The normalized spacial score (nSPS) is 17.4. The molecule has 1 aliphatic rings. The first-order valence-electron chi connectivity index (χ1n) is 7.06. The van der Waals surface area contributed by atoms with Crippen molar-refractivity contribution >= 4 is 27.8 Å². The zero-order valence-electron chi connectivity index (χ0n) is 12.2. The van der Waals surface area contributed by atoms with Crippen LogP contribution in [0, 0.1) is 0 Å². The Labute approximate surface area is 137 Å². The van der Waals surface area contributed by atoms with E-state index in [1.165, 1.54) is 4.90 Å². The van der Waals surface area contributed by atoms with Crippen LogP contribution in [-0.2, 0) is 20.7 Å². The van der Waals surface area contributed by atoms with Crippen LogP contribution >= 0.6 is 15.9 Å². The van der Waals surface area contributed by atoms with Crippen LogP contribution in [0.2, 0.25) is 0 Å². The van der Waals surface area contributed by atoms with Crippen LogP contribution in [0.25, 0.3) is 0 Å². The molecule has 1 aliphatic heterocycles. The summed E-state index contributed by atoms with van der Waals surface area (Å²) in [5.74, 6) is -0.850. The number of allylic oxidation sites excluding steroid dienone is 1. The van der Waals surface area contributed by atoms with Crippen molar-refractivity contribution in [1.82, 2.24) is 4.90 Å². The zero-order valence-corrected chi connectivity index (χ0v) is 13.8. The SMILES string of the molecule is CCOC(=O)C1c2ccc(Br)cc2CCN1C(=O)/C=C/CF. The molecule has 1 unspecified atom stereocenters. The van der Waals surface area contributed by atoms with Crippen molar-refractivity contribution in [1.29, 1.82) is 0 Å². The van der Waals surface area contributed by atoms with Crippen LogP contribution in [0.4, 0.5) is 4.39 Å². The molecule has 6 heteroatoms. The predicted molar refractivity (Wildman–Crippen MR) is 84.0 cm³/mol. The van der Waals surface area contributed by atoms with Crippen molar-refractivity contribution in [2.75, 3.05) is 19.8 Å². The van der Waals surface area contributed by atoms with Gasteiger partial charge in [-0.05, 0) is 42.7 Å². The number of benzene rings is 1. The summed E-state index contributed by atoms with van der Waals surface area (Å²) in [6, 6.07) is 4.81. The molecule has 2 rings (SSSR count). The maximum absolute atomic E-state index is 12.3. The molecule has 0 aromatic heterocycles. The van der Waals surface area contributed by atoms with Gasteiger partial charge in [-0.25, -0.2) is 9.18 Å². The Hall–Kier alpha value is -1.69. The van der Waals surface area contributed by atoms with Gasteiger partial charge in [0.15, 0.2) is 6.04 Å². The predicted octanol–water partition coefficient (Wildman–Crippen LogP) is 2.96. The summed E-state index contributed by atoms with van der Waals surface area (Å²) in [5.41, 5.74) is 1.76. The highest BCUT2D eigenvalue weighted by molar-refractivity contribution is 9.10. The highest BCUT2D eigenvalue weighted by Crippen LogP contribution is 2.32. The molecule has 0 bridgehead atoms. The maximum atomic E-state index is 12.3. The van der Waals surface area contributed by atoms with E-state index in [2.05, 4.69) is 15.9 Å². The quantitative estimate of drug-likeness (QED) is 0.605. The molecular weight excluding hydrogens is 353 g/mol. The number of alkyl halides is 1. The van der Waals surface area contributed by atoms with Gasteiger partial charge in [0, 0.05) is 17.1 Å². The molecule has 0 spiro atoms. The van der Waals surface area contributed by atoms with Gasteiger partial charge in [0.25, 0.3) is 0 Å². The third-order valence-corrected chi connectivity index (χ3v) is 3.97. The number of rotatable bonds is 4. The molecule has 0 fully saturated rings. The van der Waals surface area contributed by atoms with Gasteiger partial charge in [0.05, 0.1) is 6.61 Å². The van der Waals surface area contributed by atoms with Crippen molar-refractivity contribution in [2.45, 2.75) is 19.4 Å². The number of hydrogen-bond acceptors (Lipinski definition) is 3. The third kappa shape index (κ3) is 3.55. The minimum atomic E-state index is -0.784. The zero-order chi connectivity index (χ0) is 16.1. The van der Waals surface area contributed by atoms with E-state index in [9.17, 15) is 14.0 Å². The van der Waals surface area contributed by atoms with Gasteiger partial charge in [0.2, 0.25) is 5.91 Å². The van der Waals surface area contributed by atoms with Crippen molar-refractivity contribution < 1.29 is 18.7 Å². The van der Waals surface area contributed by atoms with Gasteiger partial charge >= 0.3 is 5.97 Å². The number of ether oxygens (including phenoxy) is 1. The second-order valence-corrected chi connectivity index (χ2v) is 5.75. The summed E-state index contributed by atoms with van der Waals surface area (Å²) in [5, 5.41) is 0. The summed E-state index contributed by atoms with van der Waals surface area (Å²) in [6.07, 6.45) is 2.94. The Morgan fingerprint density at radius 2 is 2.27 bits per heavy atom. The van der Waals surface area contributed by atoms with Crippen LogP contribution in [0.1, 0.15) is 24.1 Å². The Bertz CT molecular complexity index is 603. The molecule has 22 heavy (non-hydrogen) atoms. The number of hydrogen-bond donors (Lipinski definition) is 0. The van der Waals surface area contributed by atoms with E-state index in [1.54, 1.807) is 6.92 Å². The first-order valence-corrected chi connectivity index (χ1v) is 7.85. The second-order valence-electron chi connectivity index (χ2n) is 4.84. The second kappa shape index (κ2) is 7.54. The third-order valence-electron chi connectivity index (χ3n) is 3.48. The fourth-order valence-corrected chi connectivity index (χ4v) is 2.96. The lowest BCUT2D eigenvalue weighted by molar-refractivity contribution is -0.154. The topological polar surface area (TPSA) is 46.6 Å². The lowest BCUT2D eigenvalue weighted by Crippen LogP contribution is -2.43. The van der Waals surface area contributed by atoms with Gasteiger partial charge < -0.3 is 9.64 Å². The minimum absolute atomic E-state index is 0.240. The molecule has 4 nitrogen and oxygen atoms in total. The van der Waals surface area contributed by atoms with Crippen LogP contribution in [-0.4, -0.2) is 36.6 Å². The molecular formula is C16H17BrFNO3. The molecule has 0 N–H and O–H groups in total. The number of carbonyl (C=O) groups excluding carboxylic acids is 2. The number of fused-ring (bicyclic) bond motifs is 1. The molecule has 118 valence electrons. The summed E-state index contributed by atoms with van der Waals surface area (Å²) >= 11 is 3.41. The lowest BCUT2D eigenvalue weighted by atomic mass is 9.92. The van der Waals surface area contributed by atoms with Crippen molar-refractivity contribution in [3.8, 4) is 0 Å². The Balaban J connectivity index is 2.39. The fourth-order valence-electron chi connectivity index (χ4n) is 2.55. The molecule has 1 aromatic rings. The van der Waals surface area contributed by atoms with E-state index >= 15 is 0 Å². The molecule has 0 saturated heterocycles. The Morgan fingerprint density at radius 1 is 1.50 bits per heavy atom. The largest absolute Gasteiger partial charge is 0.464 e. The summed E-state index contributed by atoms with van der Waals surface area (Å²) in [4.78, 5) is 25.9. The highest BCUT2D eigenvalue weighted by Gasteiger charge is 2.36. The average molecular weight is 370 g/mol. The van der Waals surface area contributed by atoms with E-state index in [0.29, 0.717) is 13.0 Å². The van der Waals surface area contributed by atoms with Crippen LogP contribution in [0.5, 0.6) is 0 Å². The van der Waals surface area contributed by atoms with Crippen LogP contribution in [0.15, 0.2) is 34.8 Å². The summed E-state index contributed by atoms with van der Waals surface area (Å²) < 4.78 is 18.3. The first-order chi connectivity index (χ1) is 10.6. The van der Waals surface area contributed by atoms with Crippen molar-refractivity contribution in [3.63, 3.8) is 0 Å². The van der Waals surface area contributed by atoms with E-state index in [-0.39, 0.29) is 12.5 Å². The van der Waals surface area contributed by atoms with Crippen molar-refractivity contribution in [3.05, 3.63) is 46.0 Å². The van der Waals surface area contributed by atoms with Crippen LogP contribution in [0.3, 0.4) is 0 Å². The van der Waals surface area contributed by atoms with Gasteiger partial charge in [0.1, 0.15) is 6.67 Å². The molecule has 0 radical (unpaired) electrons. The molecule has 0 aliphatic carbocycles. The Morgan fingerprint density at radius 3 is 2.95 bits per heavy atom. The van der Waals surface area contributed by atoms with E-state index in [4.69, 9.17) is 4.74 Å². The monoisotopic (exact) mass is 369 g/mol. The van der Waals surface area contributed by atoms with E-state index < -0.39 is 18.7 Å². The summed E-state index contributed by atoms with van der Waals surface area (Å²) in [6.45, 7) is 1.64. The van der Waals surface area contributed by atoms with E-state index in [0.717, 1.165) is 27.8 Å². The van der Waals surface area contributed by atoms with E-state index in [1.807, 2.05) is 18.2 Å². The number of carbonyl (C=O) groups is 2. The average Bonchev–Trinajstić information content (AvgIpc) is 2.51. The molecule has 1 aromatic carbocycles. The Kier molecular flexibility index (Phi) is 5.71. The first kappa shape index (κ1) is 16.7. The fraction of sp³-hybridized carbons (Fsp3) is 0.375. The molecule has 0 saturated carbocycles. The van der Waals surface area contributed by atoms with Gasteiger partial charge in [-0.1, -0.05) is 22.0 Å². The molecule has 1 heterocycles. The lowest BCUT2D eigenvalue weighted by Gasteiger charge is -2.35. The molecule has 1 amide bonds. The maximum Gasteiger partial charge on any atom is 0.333 e.